The van der Waals surface area contributed by atoms with Crippen molar-refractivity contribution >= 4 is 39.3 Å². The molecule has 3 aromatic carbocycles. The molecule has 32 heavy (non-hydrogen) atoms. The number of benzene rings is 3. The second-order valence-electron chi connectivity index (χ2n) is 7.85. The topological polar surface area (TPSA) is 57.8 Å². The Labute approximate surface area is 191 Å². The summed E-state index contributed by atoms with van der Waals surface area (Å²) in [6.07, 6.45) is 1.59. The Bertz CT molecular complexity index is 1410. The summed E-state index contributed by atoms with van der Waals surface area (Å²) < 4.78 is 0. The van der Waals surface area contributed by atoms with Crippen LogP contribution in [0.25, 0.3) is 21.8 Å². The van der Waals surface area contributed by atoms with Gasteiger partial charge in [-0.25, -0.2) is 4.98 Å². The Hall–Kier alpha value is -3.63. The quantitative estimate of drug-likeness (QED) is 0.336. The Balaban J connectivity index is 1.49. The Morgan fingerprint density at radius 2 is 1.62 bits per heavy atom. The Kier molecular flexibility index (Phi) is 5.61. The third kappa shape index (κ3) is 4.23. The first-order valence-corrected chi connectivity index (χ1v) is 11.0. The van der Waals surface area contributed by atoms with Crippen molar-refractivity contribution in [2.45, 2.75) is 19.4 Å². The molecule has 2 aromatic heterocycles. The molecule has 0 atom stereocenters. The normalized spacial score (nSPS) is 11.2. The number of fused-ring (bicyclic) bond motifs is 3. The molecule has 0 spiro atoms. The van der Waals surface area contributed by atoms with E-state index < -0.39 is 0 Å². The summed E-state index contributed by atoms with van der Waals surface area (Å²) in [6, 6.07) is 27.8. The maximum Gasteiger partial charge on any atom is 0.270 e. The molecule has 0 radical (unpaired) electrons. The lowest BCUT2D eigenvalue weighted by Crippen LogP contribution is -2.24. The monoisotopic (exact) mass is 439 g/mol. The highest BCUT2D eigenvalue weighted by molar-refractivity contribution is 6.30. The van der Waals surface area contributed by atoms with Crippen molar-refractivity contribution in [3.63, 3.8) is 0 Å². The number of H-pyrrole nitrogens is 1. The number of hydrogen-bond donors (Lipinski definition) is 2. The average Bonchev–Trinajstić information content (AvgIpc) is 3.20. The standard InChI is InChI=1S/C27H22ClN3O/c28-20-10-6-9-19(15-20)17-29-27(32)25-16-22-21-11-4-5-12-23(21)31-26(22)24(30-25)14-13-18-7-2-1-3-8-18/h1-12,15-16,31H,13-14,17H2,(H,29,32). The van der Waals surface area contributed by atoms with Crippen molar-refractivity contribution in [2.24, 2.45) is 0 Å². The highest BCUT2D eigenvalue weighted by atomic mass is 35.5. The number of rotatable bonds is 6. The lowest BCUT2D eigenvalue weighted by atomic mass is 10.1. The van der Waals surface area contributed by atoms with Gasteiger partial charge in [-0.1, -0.05) is 72.3 Å². The van der Waals surface area contributed by atoms with Gasteiger partial charge in [0.05, 0.1) is 11.2 Å². The van der Waals surface area contributed by atoms with E-state index in [0.29, 0.717) is 17.3 Å². The zero-order chi connectivity index (χ0) is 21.9. The van der Waals surface area contributed by atoms with Crippen molar-refractivity contribution in [3.05, 3.63) is 112 Å². The summed E-state index contributed by atoms with van der Waals surface area (Å²) in [5, 5.41) is 5.74. The summed E-state index contributed by atoms with van der Waals surface area (Å²) in [6.45, 7) is 0.395. The minimum absolute atomic E-state index is 0.196. The molecule has 158 valence electrons. The number of aromatic nitrogens is 2. The summed E-state index contributed by atoms with van der Waals surface area (Å²) in [5.41, 5.74) is 5.55. The largest absolute Gasteiger partial charge is 0.353 e. The van der Waals surface area contributed by atoms with Gasteiger partial charge in [0.2, 0.25) is 0 Å². The molecule has 0 saturated carbocycles. The number of nitrogens with zero attached hydrogens (tertiary/aromatic N) is 1. The number of nitrogens with one attached hydrogen (secondary N) is 2. The molecule has 0 aliphatic carbocycles. The van der Waals surface area contributed by atoms with Crippen molar-refractivity contribution in [3.8, 4) is 0 Å². The van der Waals surface area contributed by atoms with Crippen molar-refractivity contribution in [1.29, 1.82) is 0 Å². The van der Waals surface area contributed by atoms with Crippen LogP contribution in [0.15, 0.2) is 84.9 Å². The van der Waals surface area contributed by atoms with Crippen LogP contribution < -0.4 is 5.32 Å². The van der Waals surface area contributed by atoms with Gasteiger partial charge in [-0.3, -0.25) is 4.79 Å². The highest BCUT2D eigenvalue weighted by Crippen LogP contribution is 2.28. The Morgan fingerprint density at radius 3 is 2.47 bits per heavy atom. The molecule has 0 saturated heterocycles. The van der Waals surface area contributed by atoms with E-state index in [1.807, 2.05) is 60.7 Å². The van der Waals surface area contributed by atoms with Crippen molar-refractivity contribution in [1.82, 2.24) is 15.3 Å². The third-order valence-electron chi connectivity index (χ3n) is 5.64. The number of carbonyl (C=O) groups is 1. The van der Waals surface area contributed by atoms with E-state index >= 15 is 0 Å². The molecule has 0 aliphatic heterocycles. The van der Waals surface area contributed by atoms with Gasteiger partial charge in [-0.05, 0) is 48.2 Å². The van der Waals surface area contributed by atoms with Gasteiger partial charge < -0.3 is 10.3 Å². The van der Waals surface area contributed by atoms with Crippen LogP contribution in [0.5, 0.6) is 0 Å². The molecule has 5 aromatic rings. The number of amides is 1. The van der Waals surface area contributed by atoms with Gasteiger partial charge in [0.25, 0.3) is 5.91 Å². The Morgan fingerprint density at radius 1 is 0.844 bits per heavy atom. The van der Waals surface area contributed by atoms with Gasteiger partial charge >= 0.3 is 0 Å². The molecular formula is C27H22ClN3O. The molecule has 0 bridgehead atoms. The maximum absolute atomic E-state index is 13.0. The summed E-state index contributed by atoms with van der Waals surface area (Å²) in [7, 11) is 0. The second-order valence-corrected chi connectivity index (χ2v) is 8.28. The number of halogens is 1. The van der Waals surface area contributed by atoms with E-state index in [4.69, 9.17) is 16.6 Å². The zero-order valence-electron chi connectivity index (χ0n) is 17.4. The number of pyridine rings is 1. The van der Waals surface area contributed by atoms with Crippen LogP contribution in [0.4, 0.5) is 0 Å². The van der Waals surface area contributed by atoms with Gasteiger partial charge in [0.1, 0.15) is 5.69 Å². The minimum atomic E-state index is -0.196. The number of aromatic amines is 1. The molecule has 2 heterocycles. The van der Waals surface area contributed by atoms with Crippen LogP contribution in [0.2, 0.25) is 5.02 Å². The number of hydrogen-bond acceptors (Lipinski definition) is 2. The molecule has 0 unspecified atom stereocenters. The van der Waals surface area contributed by atoms with E-state index in [1.54, 1.807) is 0 Å². The van der Waals surface area contributed by atoms with E-state index in [0.717, 1.165) is 45.9 Å². The lowest BCUT2D eigenvalue weighted by Gasteiger charge is -2.09. The van der Waals surface area contributed by atoms with E-state index in [-0.39, 0.29) is 5.91 Å². The summed E-state index contributed by atoms with van der Waals surface area (Å²) in [5.74, 6) is -0.196. The molecule has 0 aliphatic rings. The van der Waals surface area contributed by atoms with Crippen LogP contribution in [-0.4, -0.2) is 15.9 Å². The molecule has 0 fully saturated rings. The molecule has 4 nitrogen and oxygen atoms in total. The zero-order valence-corrected chi connectivity index (χ0v) is 18.2. The smallest absolute Gasteiger partial charge is 0.270 e. The predicted octanol–water partition coefficient (Wildman–Crippen LogP) is 6.08. The first-order valence-electron chi connectivity index (χ1n) is 10.6. The predicted molar refractivity (Wildman–Crippen MR) is 130 cm³/mol. The minimum Gasteiger partial charge on any atom is -0.353 e. The molecule has 5 rings (SSSR count). The van der Waals surface area contributed by atoms with E-state index in [2.05, 4.69) is 34.6 Å². The first-order chi connectivity index (χ1) is 15.7. The summed E-state index contributed by atoms with van der Waals surface area (Å²) in [4.78, 5) is 21.3. The number of para-hydroxylation sites is 1. The van der Waals surface area contributed by atoms with Crippen molar-refractivity contribution < 1.29 is 4.79 Å². The van der Waals surface area contributed by atoms with Crippen molar-refractivity contribution in [2.75, 3.05) is 0 Å². The fourth-order valence-electron chi connectivity index (χ4n) is 4.04. The maximum atomic E-state index is 13.0. The molecule has 5 heteroatoms. The van der Waals surface area contributed by atoms with Crippen LogP contribution in [0.3, 0.4) is 0 Å². The third-order valence-corrected chi connectivity index (χ3v) is 5.87. The van der Waals surface area contributed by atoms with Gasteiger partial charge in [-0.2, -0.15) is 0 Å². The number of aryl methyl sites for hydroxylation is 2. The van der Waals surface area contributed by atoms with Crippen LogP contribution in [-0.2, 0) is 19.4 Å². The van der Waals surface area contributed by atoms with Gasteiger partial charge in [0, 0.05) is 27.9 Å². The summed E-state index contributed by atoms with van der Waals surface area (Å²) >= 11 is 6.06. The molecule has 1 amide bonds. The van der Waals surface area contributed by atoms with E-state index in [1.165, 1.54) is 5.56 Å². The van der Waals surface area contributed by atoms with Crippen LogP contribution in [0, 0.1) is 0 Å². The van der Waals surface area contributed by atoms with E-state index in [9.17, 15) is 4.79 Å². The lowest BCUT2D eigenvalue weighted by molar-refractivity contribution is 0.0946. The van der Waals surface area contributed by atoms with Crippen LogP contribution >= 0.6 is 11.6 Å². The number of carbonyl (C=O) groups excluding carboxylic acids is 1. The highest BCUT2D eigenvalue weighted by Gasteiger charge is 2.16. The second kappa shape index (κ2) is 8.85. The fourth-order valence-corrected chi connectivity index (χ4v) is 4.25. The van der Waals surface area contributed by atoms with Crippen LogP contribution in [0.1, 0.15) is 27.3 Å². The fraction of sp³-hybridized carbons (Fsp3) is 0.111. The SMILES string of the molecule is O=C(NCc1cccc(Cl)c1)c1cc2c([nH]c3ccccc32)c(CCc2ccccc2)n1. The van der Waals surface area contributed by atoms with Gasteiger partial charge in [-0.15, -0.1) is 0 Å². The molecule has 2 N–H and O–H groups in total. The average molecular weight is 440 g/mol. The first kappa shape index (κ1) is 20.3. The molecular weight excluding hydrogens is 418 g/mol. The van der Waals surface area contributed by atoms with Gasteiger partial charge in [0.15, 0.2) is 0 Å².